The maximum absolute atomic E-state index is 15.4. The number of aryl methyl sites for hydroxylation is 1. The Morgan fingerprint density at radius 3 is 2.66 bits per heavy atom. The Labute approximate surface area is 226 Å². The number of carbonyl (C=O) groups excluding carboxylic acids is 2. The van der Waals surface area contributed by atoms with Crippen LogP contribution in [0.2, 0.25) is 0 Å². The highest BCUT2D eigenvalue weighted by atomic mass is 32.1. The largest absolute Gasteiger partial charge is 0.455 e. The summed E-state index contributed by atoms with van der Waals surface area (Å²) in [7, 11) is 0. The second kappa shape index (κ2) is 11.6. The number of thiazole rings is 1. The first-order valence-electron chi connectivity index (χ1n) is 13.3. The van der Waals surface area contributed by atoms with E-state index in [1.165, 1.54) is 17.4 Å². The monoisotopic (exact) mass is 551 g/mol. The van der Waals surface area contributed by atoms with Gasteiger partial charge in [0, 0.05) is 24.8 Å². The number of esters is 1. The van der Waals surface area contributed by atoms with Gasteiger partial charge in [0.15, 0.2) is 6.10 Å². The first-order chi connectivity index (χ1) is 18.0. The van der Waals surface area contributed by atoms with Crippen LogP contribution in [0.4, 0.5) is 4.39 Å². The van der Waals surface area contributed by atoms with Crippen LogP contribution in [0.25, 0.3) is 6.08 Å². The summed E-state index contributed by atoms with van der Waals surface area (Å²) in [5, 5.41) is 24.7. The molecule has 1 spiro atoms. The summed E-state index contributed by atoms with van der Waals surface area (Å²) >= 11 is 1.38. The maximum atomic E-state index is 15.4. The molecule has 7 atom stereocenters. The topological polar surface area (TPSA) is 118 Å². The van der Waals surface area contributed by atoms with E-state index < -0.39 is 59.6 Å². The molecule has 3 fully saturated rings. The smallest absolute Gasteiger partial charge is 0.309 e. The molecule has 3 aliphatic rings. The van der Waals surface area contributed by atoms with Crippen molar-refractivity contribution in [3.8, 4) is 0 Å². The van der Waals surface area contributed by atoms with Gasteiger partial charge in [-0.25, -0.2) is 9.37 Å². The molecule has 1 aromatic rings. The van der Waals surface area contributed by atoms with E-state index in [1.54, 1.807) is 18.4 Å². The SMILES string of the molecule is C=CC[C@H]1C(=O)C2(CCC2)[C@@H](O)CC(=O)O[C@H](C(F)=Cc2csc(C)n2)C[C@@H]2O[C@]2(C)CCO[C@H](C)C1O. The van der Waals surface area contributed by atoms with Crippen molar-refractivity contribution >= 4 is 29.2 Å². The van der Waals surface area contributed by atoms with Crippen molar-refractivity contribution in [3.05, 3.63) is 34.6 Å². The van der Waals surface area contributed by atoms with Crippen molar-refractivity contribution < 1.29 is 38.4 Å². The number of hydrogen-bond donors (Lipinski definition) is 2. The highest BCUT2D eigenvalue weighted by Gasteiger charge is 2.55. The van der Waals surface area contributed by atoms with Crippen LogP contribution in [0.1, 0.15) is 69.5 Å². The summed E-state index contributed by atoms with van der Waals surface area (Å²) in [5.41, 5.74) is -1.35. The fourth-order valence-electron chi connectivity index (χ4n) is 5.59. The summed E-state index contributed by atoms with van der Waals surface area (Å²) in [6, 6.07) is 0. The fourth-order valence-corrected chi connectivity index (χ4v) is 6.16. The van der Waals surface area contributed by atoms with Crippen molar-refractivity contribution in [2.24, 2.45) is 11.3 Å². The molecule has 1 aliphatic carbocycles. The molecule has 0 amide bonds. The molecular formula is C28H38FNO7S. The number of aliphatic hydroxyl groups excluding tert-OH is 2. The van der Waals surface area contributed by atoms with Crippen molar-refractivity contribution in [2.45, 2.75) is 102 Å². The third-order valence-corrected chi connectivity index (χ3v) is 9.12. The molecular weight excluding hydrogens is 513 g/mol. The zero-order valence-electron chi connectivity index (χ0n) is 22.2. The van der Waals surface area contributed by atoms with Crippen LogP contribution < -0.4 is 0 Å². The second-order valence-corrected chi connectivity index (χ2v) is 12.1. The summed E-state index contributed by atoms with van der Waals surface area (Å²) in [4.78, 5) is 31.0. The number of aliphatic hydroxyl groups is 2. The number of cyclic esters (lactones) is 1. The third kappa shape index (κ3) is 6.09. The van der Waals surface area contributed by atoms with Crippen LogP contribution in [0, 0.1) is 18.3 Å². The number of ketones is 1. The first kappa shape index (κ1) is 29.0. The molecule has 1 aromatic heterocycles. The fraction of sp³-hybridized carbons (Fsp3) is 0.679. The molecule has 2 N–H and O–H groups in total. The molecule has 38 heavy (non-hydrogen) atoms. The number of Topliss-reactive ketones (excluding diaryl/α,β-unsaturated/α-hetero) is 1. The molecule has 0 bridgehead atoms. The third-order valence-electron chi connectivity index (χ3n) is 8.33. The van der Waals surface area contributed by atoms with Gasteiger partial charge >= 0.3 is 5.97 Å². The zero-order valence-corrected chi connectivity index (χ0v) is 23.0. The number of allylic oxidation sites excluding steroid dienone is 1. The van der Waals surface area contributed by atoms with Crippen molar-refractivity contribution in [2.75, 3.05) is 6.61 Å². The molecule has 8 nitrogen and oxygen atoms in total. The highest BCUT2D eigenvalue weighted by molar-refractivity contribution is 7.09. The van der Waals surface area contributed by atoms with Gasteiger partial charge in [-0.15, -0.1) is 17.9 Å². The molecule has 3 heterocycles. The Bertz CT molecular complexity index is 1070. The minimum Gasteiger partial charge on any atom is -0.455 e. The number of ether oxygens (including phenoxy) is 3. The zero-order chi connectivity index (χ0) is 27.7. The standard InChI is InChI=1S/C28H38FNO7S/c1-5-7-19-25(33)16(2)35-11-10-27(4)23(37-27)13-21(20(29)12-18-15-38-17(3)30-18)36-24(32)14-22(31)28(26(19)34)8-6-9-28/h5,12,15-16,19,21-23,25,31,33H,1,6-11,13-14H2,2-4H3/t16-,19-,21+,22+,23+,25?,27-/m1/s1. The van der Waals surface area contributed by atoms with Crippen LogP contribution in [0.3, 0.4) is 0 Å². The minimum atomic E-state index is -1.32. The average molecular weight is 552 g/mol. The molecule has 10 heteroatoms. The quantitative estimate of drug-likeness (QED) is 0.327. The Morgan fingerprint density at radius 1 is 1.32 bits per heavy atom. The molecule has 2 aliphatic heterocycles. The van der Waals surface area contributed by atoms with Gasteiger partial charge in [0.1, 0.15) is 11.6 Å². The summed E-state index contributed by atoms with van der Waals surface area (Å²) in [6.45, 7) is 9.39. The number of halogens is 1. The highest BCUT2D eigenvalue weighted by Crippen LogP contribution is 2.49. The van der Waals surface area contributed by atoms with E-state index in [2.05, 4.69) is 11.6 Å². The number of epoxide rings is 1. The van der Waals surface area contributed by atoms with Gasteiger partial charge in [-0.3, -0.25) is 9.59 Å². The van der Waals surface area contributed by atoms with Gasteiger partial charge in [-0.05, 0) is 46.1 Å². The van der Waals surface area contributed by atoms with E-state index in [-0.39, 0.29) is 31.3 Å². The lowest BCUT2D eigenvalue weighted by Gasteiger charge is -2.46. The molecule has 0 aromatic carbocycles. The number of nitrogens with zero attached hydrogens (tertiary/aromatic N) is 1. The normalized spacial score (nSPS) is 36.7. The number of rotatable bonds is 4. The molecule has 1 unspecified atom stereocenters. The number of carbonyl (C=O) groups is 2. The van der Waals surface area contributed by atoms with E-state index in [1.807, 2.05) is 13.8 Å². The summed E-state index contributed by atoms with van der Waals surface area (Å²) < 4.78 is 32.7. The Hall–Kier alpha value is -1.98. The lowest BCUT2D eigenvalue weighted by atomic mass is 9.58. The van der Waals surface area contributed by atoms with Crippen LogP contribution in [-0.2, 0) is 23.8 Å². The van der Waals surface area contributed by atoms with Gasteiger partial charge < -0.3 is 24.4 Å². The van der Waals surface area contributed by atoms with Gasteiger partial charge in [-0.2, -0.15) is 0 Å². The van der Waals surface area contributed by atoms with E-state index in [9.17, 15) is 19.8 Å². The lowest BCUT2D eigenvalue weighted by Crippen LogP contribution is -2.54. The van der Waals surface area contributed by atoms with Crippen LogP contribution in [0.5, 0.6) is 0 Å². The Morgan fingerprint density at radius 2 is 2.05 bits per heavy atom. The summed E-state index contributed by atoms with van der Waals surface area (Å²) in [6.07, 6.45) is -0.0269. The molecule has 210 valence electrons. The number of hydrogen-bond acceptors (Lipinski definition) is 9. The van der Waals surface area contributed by atoms with Crippen molar-refractivity contribution in [1.29, 1.82) is 0 Å². The van der Waals surface area contributed by atoms with Gasteiger partial charge in [0.05, 0.1) is 58.5 Å². The lowest BCUT2D eigenvalue weighted by molar-refractivity contribution is -0.164. The van der Waals surface area contributed by atoms with Crippen LogP contribution >= 0.6 is 11.3 Å². The molecule has 2 saturated heterocycles. The van der Waals surface area contributed by atoms with E-state index in [0.717, 1.165) is 5.01 Å². The first-order valence-corrected chi connectivity index (χ1v) is 14.2. The Kier molecular flexibility index (Phi) is 8.88. The number of fused-ring (bicyclic) bond motifs is 1. The van der Waals surface area contributed by atoms with E-state index in [0.29, 0.717) is 31.4 Å². The number of aromatic nitrogens is 1. The predicted octanol–water partition coefficient (Wildman–Crippen LogP) is 4.07. The van der Waals surface area contributed by atoms with Crippen LogP contribution in [-0.4, -0.2) is 69.7 Å². The van der Waals surface area contributed by atoms with Crippen molar-refractivity contribution in [3.63, 3.8) is 0 Å². The summed E-state index contributed by atoms with van der Waals surface area (Å²) in [5.74, 6) is -2.60. The van der Waals surface area contributed by atoms with Gasteiger partial charge in [0.2, 0.25) is 0 Å². The van der Waals surface area contributed by atoms with Gasteiger partial charge in [-0.1, -0.05) is 12.5 Å². The van der Waals surface area contributed by atoms with Crippen LogP contribution in [0.15, 0.2) is 23.9 Å². The molecule has 1 saturated carbocycles. The van der Waals surface area contributed by atoms with E-state index in [4.69, 9.17) is 14.2 Å². The van der Waals surface area contributed by atoms with Crippen molar-refractivity contribution in [1.82, 2.24) is 4.98 Å². The maximum Gasteiger partial charge on any atom is 0.309 e. The van der Waals surface area contributed by atoms with E-state index >= 15 is 4.39 Å². The average Bonchev–Trinajstić information content (AvgIpc) is 3.26. The van der Waals surface area contributed by atoms with Gasteiger partial charge in [0.25, 0.3) is 0 Å². The minimum absolute atomic E-state index is 0.0907. The Balaban J connectivity index is 1.60. The second-order valence-electron chi connectivity index (χ2n) is 11.0. The predicted molar refractivity (Wildman–Crippen MR) is 140 cm³/mol. The molecule has 4 rings (SSSR count). The molecule has 0 radical (unpaired) electrons.